The van der Waals surface area contributed by atoms with Crippen molar-refractivity contribution in [2.75, 3.05) is 6.61 Å². The monoisotopic (exact) mass is 313 g/mol. The van der Waals surface area contributed by atoms with E-state index >= 15 is 0 Å². The van der Waals surface area contributed by atoms with Gasteiger partial charge in [0.15, 0.2) is 4.90 Å². The van der Waals surface area contributed by atoms with Gasteiger partial charge >= 0.3 is 0 Å². The lowest BCUT2D eigenvalue weighted by atomic mass is 10.2. The maximum absolute atomic E-state index is 12.3. The average Bonchev–Trinajstić information content (AvgIpc) is 3.07. The normalized spacial score (nSPS) is 24.0. The molecule has 2 atom stereocenters. The van der Waals surface area contributed by atoms with Gasteiger partial charge in [-0.05, 0) is 18.8 Å². The van der Waals surface area contributed by atoms with Crippen LogP contribution in [0.2, 0.25) is 0 Å². The third-order valence-electron chi connectivity index (χ3n) is 3.96. The van der Waals surface area contributed by atoms with Crippen LogP contribution in [0.25, 0.3) is 0 Å². The van der Waals surface area contributed by atoms with Crippen LogP contribution in [0.4, 0.5) is 0 Å². The number of hydrogen-bond acceptors (Lipinski definition) is 5. The summed E-state index contributed by atoms with van der Waals surface area (Å²) in [7, 11) is -3.91. The van der Waals surface area contributed by atoms with E-state index in [2.05, 4.69) is 16.7 Å². The number of carbonyl (C=O) groups excluding carboxylic acids is 1. The highest BCUT2D eigenvalue weighted by Gasteiger charge is 2.43. The molecule has 1 N–H and O–H groups in total. The number of amides is 1. The summed E-state index contributed by atoms with van der Waals surface area (Å²) in [4.78, 5) is 12.0. The first kappa shape index (κ1) is 14.4. The van der Waals surface area contributed by atoms with Crippen molar-refractivity contribution in [1.82, 2.24) is 14.5 Å². The quantitative estimate of drug-likeness (QED) is 0.872. The molecule has 1 fully saturated rings. The molecule has 0 unspecified atom stereocenters. The van der Waals surface area contributed by atoms with E-state index in [1.165, 1.54) is 10.9 Å². The predicted molar refractivity (Wildman–Crippen MR) is 74.2 cm³/mol. The van der Waals surface area contributed by atoms with Gasteiger partial charge in [0.25, 0.3) is 10.0 Å². The van der Waals surface area contributed by atoms with Crippen LogP contribution >= 0.6 is 0 Å². The topological polar surface area (TPSA) is 90.3 Å². The van der Waals surface area contributed by atoms with E-state index in [1.54, 1.807) is 0 Å². The summed E-state index contributed by atoms with van der Waals surface area (Å²) in [5.74, 6) is -0.0405. The van der Waals surface area contributed by atoms with E-state index in [9.17, 15) is 13.2 Å². The summed E-state index contributed by atoms with van der Waals surface area (Å²) in [6.07, 6.45) is 4.78. The number of nitrogens with one attached hydrogen (secondary N) is 1. The zero-order chi connectivity index (χ0) is 15.0. The number of rotatable bonds is 5. The minimum Gasteiger partial charge on any atom is -0.477 e. The third-order valence-corrected chi connectivity index (χ3v) is 5.28. The molecule has 7 nitrogen and oxygen atoms in total. The number of fused-ring (bicyclic) bond motifs is 1. The van der Waals surface area contributed by atoms with E-state index in [-0.39, 0.29) is 16.7 Å². The lowest BCUT2D eigenvalue weighted by Crippen LogP contribution is -2.32. The fraction of sp³-hybridized carbons (Fsp3) is 0.692. The van der Waals surface area contributed by atoms with Crippen molar-refractivity contribution in [1.29, 1.82) is 0 Å². The van der Waals surface area contributed by atoms with Crippen LogP contribution in [-0.4, -0.2) is 30.7 Å². The summed E-state index contributed by atoms with van der Waals surface area (Å²) in [5.41, 5.74) is 0. The molecule has 2 aliphatic rings. The Hall–Kier alpha value is -1.57. The molecule has 0 bridgehead atoms. The number of hydrogen-bond donors (Lipinski definition) is 1. The fourth-order valence-electron chi connectivity index (χ4n) is 2.75. The third kappa shape index (κ3) is 2.76. The molecular weight excluding hydrogens is 294 g/mol. The molecule has 0 aromatic carbocycles. The summed E-state index contributed by atoms with van der Waals surface area (Å²) >= 11 is 0. The van der Waals surface area contributed by atoms with E-state index in [0.717, 1.165) is 25.7 Å². The lowest BCUT2D eigenvalue weighted by molar-refractivity contribution is -0.120. The number of sulfonamides is 1. The number of aryl methyl sites for hydroxylation is 1. The fourth-order valence-corrected chi connectivity index (χ4v) is 3.86. The van der Waals surface area contributed by atoms with Gasteiger partial charge in [-0.2, -0.15) is 5.10 Å². The van der Waals surface area contributed by atoms with Crippen molar-refractivity contribution in [2.45, 2.75) is 44.0 Å². The minimum absolute atomic E-state index is 0.0526. The van der Waals surface area contributed by atoms with Crippen LogP contribution in [0.15, 0.2) is 11.1 Å². The first-order valence-electron chi connectivity index (χ1n) is 7.28. The Balaban J connectivity index is 1.73. The van der Waals surface area contributed by atoms with Crippen LogP contribution in [-0.2, 0) is 21.4 Å². The second-order valence-electron chi connectivity index (χ2n) is 5.60. The van der Waals surface area contributed by atoms with Crippen molar-refractivity contribution < 1.29 is 17.9 Å². The zero-order valence-corrected chi connectivity index (χ0v) is 12.7. The minimum atomic E-state index is -3.91. The molecule has 21 heavy (non-hydrogen) atoms. The molecule has 1 aliphatic carbocycles. The number of carbonyl (C=O) groups is 1. The Morgan fingerprint density at radius 2 is 2.38 bits per heavy atom. The van der Waals surface area contributed by atoms with Crippen LogP contribution in [0.1, 0.15) is 32.6 Å². The summed E-state index contributed by atoms with van der Waals surface area (Å²) in [5, 5.41) is 4.00. The van der Waals surface area contributed by atoms with Crippen LogP contribution in [0.5, 0.6) is 5.88 Å². The molecule has 1 aliphatic heterocycles. The SMILES string of the molecule is CCC[C@@H]1C[C@H]1C(=O)NS(=O)(=O)c1cnn2c1OCCC2. The van der Waals surface area contributed by atoms with Gasteiger partial charge in [0.2, 0.25) is 11.8 Å². The zero-order valence-electron chi connectivity index (χ0n) is 11.9. The van der Waals surface area contributed by atoms with E-state index < -0.39 is 15.9 Å². The van der Waals surface area contributed by atoms with Gasteiger partial charge in [0, 0.05) is 18.9 Å². The molecular formula is C13H19N3O4S. The lowest BCUT2D eigenvalue weighted by Gasteiger charge is -2.16. The van der Waals surface area contributed by atoms with Crippen molar-refractivity contribution in [2.24, 2.45) is 11.8 Å². The average molecular weight is 313 g/mol. The Bertz CT molecular complexity index is 652. The Labute approximate surface area is 123 Å². The highest BCUT2D eigenvalue weighted by atomic mass is 32.2. The van der Waals surface area contributed by atoms with Crippen molar-refractivity contribution >= 4 is 15.9 Å². The number of aromatic nitrogens is 2. The van der Waals surface area contributed by atoms with E-state index in [0.29, 0.717) is 19.1 Å². The van der Waals surface area contributed by atoms with Crippen LogP contribution < -0.4 is 9.46 Å². The molecule has 0 radical (unpaired) electrons. The molecule has 1 aromatic rings. The van der Waals surface area contributed by atoms with E-state index in [1.807, 2.05) is 0 Å². The first-order valence-corrected chi connectivity index (χ1v) is 8.76. The summed E-state index contributed by atoms with van der Waals surface area (Å²) in [6, 6.07) is 0. The molecule has 1 aromatic heterocycles. The molecule has 1 saturated carbocycles. The van der Waals surface area contributed by atoms with Gasteiger partial charge in [-0.3, -0.25) is 4.79 Å². The van der Waals surface area contributed by atoms with Gasteiger partial charge in [-0.1, -0.05) is 13.3 Å². The standard InChI is InChI=1S/C13H19N3O4S/c1-2-4-9-7-10(9)12(17)15-21(18,19)11-8-14-16-5-3-6-20-13(11)16/h8-10H,2-7H2,1H3,(H,15,17)/t9-,10-/m1/s1. The maximum atomic E-state index is 12.3. The summed E-state index contributed by atoms with van der Waals surface area (Å²) in [6.45, 7) is 3.14. The van der Waals surface area contributed by atoms with Gasteiger partial charge < -0.3 is 4.74 Å². The van der Waals surface area contributed by atoms with E-state index in [4.69, 9.17) is 4.74 Å². The maximum Gasteiger partial charge on any atom is 0.271 e. The molecule has 0 spiro atoms. The van der Waals surface area contributed by atoms with Gasteiger partial charge in [-0.15, -0.1) is 0 Å². The second-order valence-corrected chi connectivity index (χ2v) is 7.25. The molecule has 0 saturated heterocycles. The molecule has 1 amide bonds. The number of ether oxygens (including phenoxy) is 1. The smallest absolute Gasteiger partial charge is 0.271 e. The van der Waals surface area contributed by atoms with Crippen LogP contribution in [0.3, 0.4) is 0 Å². The Morgan fingerprint density at radius 3 is 3.14 bits per heavy atom. The van der Waals surface area contributed by atoms with Crippen molar-refractivity contribution in [3.63, 3.8) is 0 Å². The van der Waals surface area contributed by atoms with Gasteiger partial charge in [0.05, 0.1) is 12.8 Å². The van der Waals surface area contributed by atoms with Gasteiger partial charge in [0.1, 0.15) is 0 Å². The molecule has 8 heteroatoms. The van der Waals surface area contributed by atoms with Crippen LogP contribution in [0, 0.1) is 11.8 Å². The van der Waals surface area contributed by atoms with Gasteiger partial charge in [-0.25, -0.2) is 17.8 Å². The Kier molecular flexibility index (Phi) is 3.64. The molecule has 2 heterocycles. The molecule has 3 rings (SSSR count). The largest absolute Gasteiger partial charge is 0.477 e. The highest BCUT2D eigenvalue weighted by Crippen LogP contribution is 2.42. The second kappa shape index (κ2) is 5.32. The van der Waals surface area contributed by atoms with Crippen molar-refractivity contribution in [3.8, 4) is 5.88 Å². The first-order chi connectivity index (χ1) is 10.0. The highest BCUT2D eigenvalue weighted by molar-refractivity contribution is 7.90. The number of nitrogens with zero attached hydrogens (tertiary/aromatic N) is 2. The predicted octanol–water partition coefficient (Wildman–Crippen LogP) is 0.907. The Morgan fingerprint density at radius 1 is 1.57 bits per heavy atom. The molecule has 116 valence electrons. The van der Waals surface area contributed by atoms with Crippen molar-refractivity contribution in [3.05, 3.63) is 6.20 Å². The summed E-state index contributed by atoms with van der Waals surface area (Å²) < 4.78 is 33.7.